The van der Waals surface area contributed by atoms with Crippen LogP contribution in [-0.4, -0.2) is 36.9 Å². The van der Waals surface area contributed by atoms with Crippen LogP contribution in [0, 0.1) is 0 Å². The van der Waals surface area contributed by atoms with Crippen molar-refractivity contribution in [2.24, 2.45) is 0 Å². The van der Waals surface area contributed by atoms with E-state index in [1.54, 1.807) is 28.7 Å². The Morgan fingerprint density at radius 3 is 2.77 bits per heavy atom. The van der Waals surface area contributed by atoms with E-state index in [9.17, 15) is 4.79 Å². The van der Waals surface area contributed by atoms with Gasteiger partial charge in [0.05, 0.1) is 11.4 Å². The molecule has 0 saturated carbocycles. The van der Waals surface area contributed by atoms with Crippen molar-refractivity contribution >= 4 is 46.6 Å². The molecule has 0 saturated heterocycles. The summed E-state index contributed by atoms with van der Waals surface area (Å²) in [7, 11) is 0. The van der Waals surface area contributed by atoms with Crippen LogP contribution in [0.1, 0.15) is 33.7 Å². The molecule has 0 radical (unpaired) electrons. The molecule has 9 heteroatoms. The molecular weight excluding hydrogens is 338 g/mol. The summed E-state index contributed by atoms with van der Waals surface area (Å²) in [6.07, 6.45) is 1.69. The first kappa shape index (κ1) is 17.3. The highest BCUT2D eigenvalue weighted by Crippen LogP contribution is 2.31. The van der Waals surface area contributed by atoms with E-state index in [1.165, 1.54) is 23.1 Å². The highest BCUT2D eigenvalue weighted by molar-refractivity contribution is 8.03. The third kappa shape index (κ3) is 4.47. The molecule has 0 bridgehead atoms. The standard InChI is InChI=1S/C13H19N5OS3/c1-5-20-12-16-17-13(22-12)21-9(4)11(19)15-10-6-7-14-18(10)8(2)3/h6-9H,5H2,1-4H3,(H,15,19)/t9-/m0/s1. The number of aromatic nitrogens is 4. The molecule has 0 aliphatic carbocycles. The van der Waals surface area contributed by atoms with E-state index in [2.05, 4.69) is 27.5 Å². The highest BCUT2D eigenvalue weighted by atomic mass is 32.2. The maximum atomic E-state index is 12.3. The average Bonchev–Trinajstić information content (AvgIpc) is 3.08. The van der Waals surface area contributed by atoms with Gasteiger partial charge in [0.1, 0.15) is 5.82 Å². The molecule has 6 nitrogen and oxygen atoms in total. The molecule has 2 rings (SSSR count). The van der Waals surface area contributed by atoms with Crippen molar-refractivity contribution in [3.8, 4) is 0 Å². The highest BCUT2D eigenvalue weighted by Gasteiger charge is 2.19. The Bertz CT molecular complexity index is 625. The minimum Gasteiger partial charge on any atom is -0.310 e. The molecule has 2 heterocycles. The van der Waals surface area contributed by atoms with Gasteiger partial charge in [-0.3, -0.25) is 4.79 Å². The summed E-state index contributed by atoms with van der Waals surface area (Å²) in [4.78, 5) is 12.3. The lowest BCUT2D eigenvalue weighted by Gasteiger charge is -2.14. The third-order valence-electron chi connectivity index (χ3n) is 2.71. The predicted octanol–water partition coefficient (Wildman–Crippen LogP) is 3.55. The topological polar surface area (TPSA) is 72.7 Å². The number of carbonyl (C=O) groups is 1. The molecule has 0 unspecified atom stereocenters. The van der Waals surface area contributed by atoms with Gasteiger partial charge in [-0.25, -0.2) is 4.68 Å². The Morgan fingerprint density at radius 1 is 1.36 bits per heavy atom. The summed E-state index contributed by atoms with van der Waals surface area (Å²) in [6.45, 7) is 7.99. The van der Waals surface area contributed by atoms with Gasteiger partial charge in [0.25, 0.3) is 0 Å². The number of anilines is 1. The van der Waals surface area contributed by atoms with Crippen molar-refractivity contribution in [1.82, 2.24) is 20.0 Å². The lowest BCUT2D eigenvalue weighted by molar-refractivity contribution is -0.115. The van der Waals surface area contributed by atoms with Gasteiger partial charge >= 0.3 is 0 Å². The predicted molar refractivity (Wildman–Crippen MR) is 92.9 cm³/mol. The molecule has 2 aromatic rings. The second-order valence-electron chi connectivity index (χ2n) is 4.77. The summed E-state index contributed by atoms with van der Waals surface area (Å²) >= 11 is 4.61. The molecule has 120 valence electrons. The van der Waals surface area contributed by atoms with Crippen molar-refractivity contribution < 1.29 is 4.79 Å². The molecule has 0 aromatic carbocycles. The fraction of sp³-hybridized carbons (Fsp3) is 0.538. The van der Waals surface area contributed by atoms with Gasteiger partial charge in [-0.15, -0.1) is 10.2 Å². The van der Waals surface area contributed by atoms with Crippen molar-refractivity contribution in [1.29, 1.82) is 0 Å². The van der Waals surface area contributed by atoms with Gasteiger partial charge in [0.15, 0.2) is 8.68 Å². The number of thioether (sulfide) groups is 2. The van der Waals surface area contributed by atoms with E-state index in [4.69, 9.17) is 0 Å². The molecule has 0 aliphatic rings. The van der Waals surface area contributed by atoms with Gasteiger partial charge in [-0.2, -0.15) is 5.10 Å². The molecule has 22 heavy (non-hydrogen) atoms. The summed E-state index contributed by atoms with van der Waals surface area (Å²) in [6, 6.07) is 2.00. The van der Waals surface area contributed by atoms with Gasteiger partial charge in [-0.1, -0.05) is 41.8 Å². The Morgan fingerprint density at radius 2 is 2.09 bits per heavy atom. The molecule has 1 amide bonds. The Hall–Kier alpha value is -1.06. The van der Waals surface area contributed by atoms with Crippen molar-refractivity contribution in [3.05, 3.63) is 12.3 Å². The number of amides is 1. The molecule has 0 aliphatic heterocycles. The molecule has 2 aromatic heterocycles. The molecule has 0 spiro atoms. The van der Waals surface area contributed by atoms with Crippen LogP contribution < -0.4 is 5.32 Å². The van der Waals surface area contributed by atoms with E-state index in [-0.39, 0.29) is 17.2 Å². The lowest BCUT2D eigenvalue weighted by atomic mass is 10.4. The number of nitrogens with zero attached hydrogens (tertiary/aromatic N) is 4. The largest absolute Gasteiger partial charge is 0.310 e. The smallest absolute Gasteiger partial charge is 0.238 e. The Balaban J connectivity index is 1.95. The molecular formula is C13H19N5OS3. The first-order valence-corrected chi connectivity index (χ1v) is 9.66. The van der Waals surface area contributed by atoms with Crippen molar-refractivity contribution in [3.63, 3.8) is 0 Å². The van der Waals surface area contributed by atoms with Gasteiger partial charge in [-0.05, 0) is 26.5 Å². The Labute approximate surface area is 142 Å². The summed E-state index contributed by atoms with van der Waals surface area (Å²) in [5.74, 6) is 1.62. The monoisotopic (exact) mass is 357 g/mol. The van der Waals surface area contributed by atoms with Crippen molar-refractivity contribution in [2.75, 3.05) is 11.1 Å². The summed E-state index contributed by atoms with van der Waals surface area (Å²) in [5, 5.41) is 15.1. The fourth-order valence-electron chi connectivity index (χ4n) is 1.68. The zero-order chi connectivity index (χ0) is 16.1. The zero-order valence-electron chi connectivity index (χ0n) is 12.9. The van der Waals surface area contributed by atoms with Crippen LogP contribution in [0.3, 0.4) is 0 Å². The minimum atomic E-state index is -0.247. The van der Waals surface area contributed by atoms with Crippen LogP contribution in [-0.2, 0) is 4.79 Å². The quantitative estimate of drug-likeness (QED) is 0.764. The first-order chi connectivity index (χ1) is 10.5. The number of rotatable bonds is 7. The number of nitrogens with one attached hydrogen (secondary N) is 1. The molecule has 1 atom stereocenters. The second kappa shape index (κ2) is 7.98. The average molecular weight is 358 g/mol. The number of hydrogen-bond donors (Lipinski definition) is 1. The molecule has 0 fully saturated rings. The van der Waals surface area contributed by atoms with Crippen LogP contribution in [0.15, 0.2) is 20.9 Å². The van der Waals surface area contributed by atoms with Crippen molar-refractivity contribution in [2.45, 2.75) is 47.7 Å². The second-order valence-corrected chi connectivity index (χ2v) is 8.85. The molecule has 1 N–H and O–H groups in total. The first-order valence-electron chi connectivity index (χ1n) is 6.98. The Kier molecular flexibility index (Phi) is 6.27. The van der Waals surface area contributed by atoms with E-state index < -0.39 is 0 Å². The third-order valence-corrected chi connectivity index (χ3v) is 5.84. The maximum Gasteiger partial charge on any atom is 0.238 e. The van der Waals surface area contributed by atoms with E-state index >= 15 is 0 Å². The van der Waals surface area contributed by atoms with Crippen LogP contribution in [0.25, 0.3) is 0 Å². The normalized spacial score (nSPS) is 12.6. The van der Waals surface area contributed by atoms with Gasteiger partial charge in [0.2, 0.25) is 5.91 Å². The zero-order valence-corrected chi connectivity index (χ0v) is 15.4. The SMILES string of the molecule is CCSc1nnc(S[C@@H](C)C(=O)Nc2ccnn2C(C)C)s1. The number of carbonyl (C=O) groups excluding carboxylic acids is 1. The van der Waals surface area contributed by atoms with Crippen LogP contribution in [0.2, 0.25) is 0 Å². The maximum absolute atomic E-state index is 12.3. The fourth-order valence-corrected chi connectivity index (χ4v) is 4.75. The lowest BCUT2D eigenvalue weighted by Crippen LogP contribution is -2.24. The van der Waals surface area contributed by atoms with E-state index in [0.717, 1.165) is 14.4 Å². The van der Waals surface area contributed by atoms with Gasteiger partial charge < -0.3 is 5.32 Å². The van der Waals surface area contributed by atoms with Crippen LogP contribution >= 0.6 is 34.9 Å². The van der Waals surface area contributed by atoms with E-state index in [0.29, 0.717) is 5.82 Å². The van der Waals surface area contributed by atoms with Gasteiger partial charge in [0, 0.05) is 12.1 Å². The summed E-state index contributed by atoms with van der Waals surface area (Å²) in [5.41, 5.74) is 0. The minimum absolute atomic E-state index is 0.0627. The van der Waals surface area contributed by atoms with E-state index in [1.807, 2.05) is 20.8 Å². The van der Waals surface area contributed by atoms with Crippen LogP contribution in [0.5, 0.6) is 0 Å². The number of hydrogen-bond acceptors (Lipinski definition) is 7. The van der Waals surface area contributed by atoms with Crippen LogP contribution in [0.4, 0.5) is 5.82 Å². The summed E-state index contributed by atoms with van der Waals surface area (Å²) < 4.78 is 3.54.